The minimum absolute atomic E-state index is 0.00316. The van der Waals surface area contributed by atoms with E-state index in [0.717, 1.165) is 16.4 Å². The first-order chi connectivity index (χ1) is 9.40. The van der Waals surface area contributed by atoms with Crippen LogP contribution in [0, 0.1) is 0 Å². The lowest BCUT2D eigenvalue weighted by atomic mass is 10.2. The van der Waals surface area contributed by atoms with Crippen molar-refractivity contribution >= 4 is 29.2 Å². The van der Waals surface area contributed by atoms with Crippen molar-refractivity contribution in [1.29, 1.82) is 0 Å². The van der Waals surface area contributed by atoms with Gasteiger partial charge in [0.1, 0.15) is 16.7 Å². The van der Waals surface area contributed by atoms with E-state index in [9.17, 15) is 14.4 Å². The van der Waals surface area contributed by atoms with Gasteiger partial charge in [-0.05, 0) is 13.8 Å². The highest BCUT2D eigenvalue weighted by Gasteiger charge is 2.27. The number of nitrogens with zero attached hydrogens (tertiary/aromatic N) is 4. The van der Waals surface area contributed by atoms with Crippen molar-refractivity contribution in [3.05, 3.63) is 16.0 Å². The third-order valence-corrected chi connectivity index (χ3v) is 4.06. The molecule has 106 valence electrons. The lowest BCUT2D eigenvalue weighted by molar-refractivity contribution is -0.137. The number of carboxylic acids is 1. The van der Waals surface area contributed by atoms with E-state index in [1.165, 1.54) is 6.92 Å². The van der Waals surface area contributed by atoms with Crippen LogP contribution in [0.3, 0.4) is 0 Å². The van der Waals surface area contributed by atoms with Gasteiger partial charge in [-0.3, -0.25) is 14.4 Å². The van der Waals surface area contributed by atoms with Gasteiger partial charge in [0.05, 0.1) is 12.1 Å². The molecule has 1 atom stereocenters. The van der Waals surface area contributed by atoms with E-state index in [0.29, 0.717) is 5.71 Å². The molecule has 0 spiro atoms. The molecule has 0 amide bonds. The first kappa shape index (κ1) is 14.4. The van der Waals surface area contributed by atoms with Crippen LogP contribution in [0.1, 0.15) is 26.0 Å². The maximum Gasteiger partial charge on any atom is 0.303 e. The average Bonchev–Trinajstić information content (AvgIpc) is 2.37. The van der Waals surface area contributed by atoms with Gasteiger partial charge < -0.3 is 5.11 Å². The number of ketones is 1. The number of thioether (sulfide) groups is 1. The molecular formula is C11H12N4O4S. The first-order valence-electron chi connectivity index (χ1n) is 5.83. The Balaban J connectivity index is 2.38. The van der Waals surface area contributed by atoms with Crippen LogP contribution in [0.4, 0.5) is 0 Å². The van der Waals surface area contributed by atoms with Crippen LogP contribution in [0.5, 0.6) is 0 Å². The summed E-state index contributed by atoms with van der Waals surface area (Å²) >= 11 is 1.11. The smallest absolute Gasteiger partial charge is 0.303 e. The molecule has 0 radical (unpaired) electrons. The number of aliphatic carboxylic acids is 1. The SMILES string of the molecule is CC(=O)C1Sc2nnc(CCC(=O)O)c(=O)n2N=C1C. The fraction of sp³-hybridized carbons (Fsp3) is 0.455. The summed E-state index contributed by atoms with van der Waals surface area (Å²) in [5, 5.41) is 20.0. The molecule has 1 N–H and O–H groups in total. The second kappa shape index (κ2) is 5.53. The molecule has 0 aromatic carbocycles. The molecule has 0 bridgehead atoms. The van der Waals surface area contributed by atoms with Crippen molar-refractivity contribution in [3.8, 4) is 0 Å². The topological polar surface area (TPSA) is 115 Å². The van der Waals surface area contributed by atoms with Gasteiger partial charge in [-0.1, -0.05) is 11.8 Å². The van der Waals surface area contributed by atoms with E-state index in [1.54, 1.807) is 6.92 Å². The quantitative estimate of drug-likeness (QED) is 0.827. The largest absolute Gasteiger partial charge is 0.481 e. The molecule has 0 aliphatic carbocycles. The maximum atomic E-state index is 12.1. The van der Waals surface area contributed by atoms with Crippen LogP contribution >= 0.6 is 11.8 Å². The Morgan fingerprint density at radius 3 is 2.70 bits per heavy atom. The van der Waals surface area contributed by atoms with Crippen molar-refractivity contribution in [2.24, 2.45) is 5.10 Å². The van der Waals surface area contributed by atoms with E-state index in [4.69, 9.17) is 5.11 Å². The Morgan fingerprint density at radius 1 is 1.40 bits per heavy atom. The molecule has 1 aromatic rings. The van der Waals surface area contributed by atoms with Crippen molar-refractivity contribution in [2.75, 3.05) is 0 Å². The molecule has 1 aliphatic rings. The summed E-state index contributed by atoms with van der Waals surface area (Å²) in [5.41, 5.74) is 0.0639. The van der Waals surface area contributed by atoms with Gasteiger partial charge >= 0.3 is 5.97 Å². The summed E-state index contributed by atoms with van der Waals surface area (Å²) in [7, 11) is 0. The Labute approximate surface area is 117 Å². The highest BCUT2D eigenvalue weighted by atomic mass is 32.2. The van der Waals surface area contributed by atoms with E-state index in [1.807, 2.05) is 0 Å². The number of aryl methyl sites for hydroxylation is 1. The zero-order chi connectivity index (χ0) is 14.9. The Kier molecular flexibility index (Phi) is 3.98. The number of rotatable bonds is 4. The Morgan fingerprint density at radius 2 is 2.10 bits per heavy atom. The van der Waals surface area contributed by atoms with Crippen LogP contribution in [0.25, 0.3) is 0 Å². The number of carbonyl (C=O) groups excluding carboxylic acids is 1. The zero-order valence-corrected chi connectivity index (χ0v) is 11.7. The number of aromatic nitrogens is 3. The summed E-state index contributed by atoms with van der Waals surface area (Å²) in [5.74, 6) is -1.09. The van der Waals surface area contributed by atoms with Gasteiger partial charge in [0, 0.05) is 6.42 Å². The number of hydrogen-bond acceptors (Lipinski definition) is 7. The normalized spacial score (nSPS) is 17.3. The second-order valence-electron chi connectivity index (χ2n) is 4.29. The van der Waals surface area contributed by atoms with Crippen molar-refractivity contribution < 1.29 is 14.7 Å². The first-order valence-corrected chi connectivity index (χ1v) is 6.71. The number of fused-ring (bicyclic) bond motifs is 1. The van der Waals surface area contributed by atoms with E-state index in [-0.39, 0.29) is 29.5 Å². The predicted octanol–water partition coefficient (Wildman–Crippen LogP) is -0.0572. The van der Waals surface area contributed by atoms with Gasteiger partial charge in [0.15, 0.2) is 0 Å². The van der Waals surface area contributed by atoms with E-state index >= 15 is 0 Å². The lowest BCUT2D eigenvalue weighted by Gasteiger charge is -2.19. The van der Waals surface area contributed by atoms with Crippen LogP contribution in [-0.2, 0) is 16.0 Å². The van der Waals surface area contributed by atoms with Gasteiger partial charge in [-0.25, -0.2) is 0 Å². The van der Waals surface area contributed by atoms with Gasteiger partial charge in [-0.2, -0.15) is 9.78 Å². The molecule has 0 fully saturated rings. The lowest BCUT2D eigenvalue weighted by Crippen LogP contribution is -2.34. The Hall–Kier alpha value is -2.03. The van der Waals surface area contributed by atoms with Gasteiger partial charge in [-0.15, -0.1) is 10.2 Å². The summed E-state index contributed by atoms with van der Waals surface area (Å²) in [6.07, 6.45) is -0.202. The Bertz CT molecular complexity index is 667. The molecule has 0 saturated heterocycles. The van der Waals surface area contributed by atoms with E-state index in [2.05, 4.69) is 15.3 Å². The van der Waals surface area contributed by atoms with Crippen LogP contribution in [-0.4, -0.2) is 42.7 Å². The number of hydrogen-bond donors (Lipinski definition) is 1. The summed E-state index contributed by atoms with van der Waals surface area (Å²) in [4.78, 5) is 34.1. The molecule has 20 heavy (non-hydrogen) atoms. The second-order valence-corrected chi connectivity index (χ2v) is 5.36. The highest BCUT2D eigenvalue weighted by molar-refractivity contribution is 8.01. The summed E-state index contributed by atoms with van der Waals surface area (Å²) in [6, 6.07) is 0. The van der Waals surface area contributed by atoms with Crippen molar-refractivity contribution in [3.63, 3.8) is 0 Å². The molecule has 2 heterocycles. The zero-order valence-electron chi connectivity index (χ0n) is 10.9. The van der Waals surface area contributed by atoms with Crippen LogP contribution in [0.2, 0.25) is 0 Å². The fourth-order valence-corrected chi connectivity index (χ4v) is 2.63. The van der Waals surface area contributed by atoms with Crippen LogP contribution in [0.15, 0.2) is 15.1 Å². The minimum atomic E-state index is -1.01. The minimum Gasteiger partial charge on any atom is -0.481 e. The molecular weight excluding hydrogens is 284 g/mol. The average molecular weight is 296 g/mol. The van der Waals surface area contributed by atoms with Gasteiger partial charge in [0.25, 0.3) is 5.56 Å². The van der Waals surface area contributed by atoms with Gasteiger partial charge in [0.2, 0.25) is 5.16 Å². The highest BCUT2D eigenvalue weighted by Crippen LogP contribution is 2.25. The number of carboxylic acid groups (broad SMARTS) is 1. The number of carbonyl (C=O) groups is 2. The molecule has 0 saturated carbocycles. The maximum absolute atomic E-state index is 12.1. The van der Waals surface area contributed by atoms with E-state index < -0.39 is 16.8 Å². The molecule has 9 heteroatoms. The third-order valence-electron chi connectivity index (χ3n) is 2.68. The monoisotopic (exact) mass is 296 g/mol. The number of Topliss-reactive ketones (excluding diaryl/α,β-unsaturated/α-hetero) is 1. The van der Waals surface area contributed by atoms with Crippen molar-refractivity contribution in [1.82, 2.24) is 14.9 Å². The van der Waals surface area contributed by atoms with Crippen LogP contribution < -0.4 is 5.56 Å². The predicted molar refractivity (Wildman–Crippen MR) is 71.1 cm³/mol. The molecule has 1 aliphatic heterocycles. The van der Waals surface area contributed by atoms with Crippen molar-refractivity contribution in [2.45, 2.75) is 37.1 Å². The third kappa shape index (κ3) is 2.77. The molecule has 8 nitrogen and oxygen atoms in total. The fourth-order valence-electron chi connectivity index (χ4n) is 1.72. The molecule has 1 aromatic heterocycles. The molecule has 1 unspecified atom stereocenters. The summed E-state index contributed by atoms with van der Waals surface area (Å²) in [6.45, 7) is 3.10. The molecule has 2 rings (SSSR count). The standard InChI is InChI=1S/C11H12N4O4S/c1-5-9(6(2)16)20-11-13-12-7(3-4-8(17)18)10(19)15(11)14-5/h9H,3-4H2,1-2H3,(H,17,18). The summed E-state index contributed by atoms with van der Waals surface area (Å²) < 4.78 is 1.07.